The number of carbonyl (C=O) groups is 1. The van der Waals surface area contributed by atoms with Gasteiger partial charge in [0.2, 0.25) is 5.95 Å². The molecule has 0 unspecified atom stereocenters. The Morgan fingerprint density at radius 3 is 2.22 bits per heavy atom. The molecule has 3 rings (SSSR count). The van der Waals surface area contributed by atoms with Crippen LogP contribution in [0.5, 0.6) is 0 Å². The molecule has 1 fully saturated rings. The van der Waals surface area contributed by atoms with Gasteiger partial charge in [-0.3, -0.25) is 0 Å². The summed E-state index contributed by atoms with van der Waals surface area (Å²) in [6, 6.07) is 5.37. The van der Waals surface area contributed by atoms with E-state index in [0.717, 1.165) is 11.1 Å². The molecule has 6 nitrogen and oxygen atoms in total. The number of halogens is 2. The fraction of sp³-hybridized carbons (Fsp3) is 0.267. The van der Waals surface area contributed by atoms with Crippen LogP contribution in [0.3, 0.4) is 0 Å². The number of anilines is 1. The standard InChI is InChI=1S/C15H14Cl2N4O2/c16-12-2-1-10(7-13(12)17)11-8-18-14(19-9-11)20-3-5-21(6-4-20)15(22)23/h1-2,7-9H,3-6H2,(H,22,23). The van der Waals surface area contributed by atoms with E-state index in [0.29, 0.717) is 42.2 Å². The van der Waals surface area contributed by atoms with E-state index in [4.69, 9.17) is 28.3 Å². The molecule has 120 valence electrons. The van der Waals surface area contributed by atoms with Gasteiger partial charge in [0.05, 0.1) is 10.0 Å². The summed E-state index contributed by atoms with van der Waals surface area (Å²) in [6.07, 6.45) is 2.57. The SMILES string of the molecule is O=C(O)N1CCN(c2ncc(-c3ccc(Cl)c(Cl)c3)cn2)CC1. The zero-order chi connectivity index (χ0) is 16.4. The maximum Gasteiger partial charge on any atom is 0.407 e. The van der Waals surface area contributed by atoms with E-state index in [9.17, 15) is 4.79 Å². The average molecular weight is 353 g/mol. The Kier molecular flexibility index (Phi) is 4.54. The Balaban J connectivity index is 1.72. The molecule has 0 aliphatic carbocycles. The number of benzene rings is 1. The minimum absolute atomic E-state index is 0.452. The fourth-order valence-electron chi connectivity index (χ4n) is 2.41. The van der Waals surface area contributed by atoms with Gasteiger partial charge in [-0.1, -0.05) is 29.3 Å². The number of aromatic nitrogens is 2. The van der Waals surface area contributed by atoms with Crippen LogP contribution < -0.4 is 4.90 Å². The highest BCUT2D eigenvalue weighted by atomic mass is 35.5. The summed E-state index contributed by atoms with van der Waals surface area (Å²) in [7, 11) is 0. The van der Waals surface area contributed by atoms with Gasteiger partial charge in [0, 0.05) is 44.1 Å². The first-order chi connectivity index (χ1) is 11.0. The zero-order valence-electron chi connectivity index (χ0n) is 12.1. The first-order valence-electron chi connectivity index (χ1n) is 7.05. The first-order valence-corrected chi connectivity index (χ1v) is 7.80. The second-order valence-electron chi connectivity index (χ2n) is 5.16. The summed E-state index contributed by atoms with van der Waals surface area (Å²) >= 11 is 11.9. The van der Waals surface area contributed by atoms with Crippen molar-refractivity contribution in [2.45, 2.75) is 0 Å². The maximum atomic E-state index is 10.9. The number of amides is 1. The van der Waals surface area contributed by atoms with Crippen LogP contribution in [0.1, 0.15) is 0 Å². The molecule has 2 heterocycles. The van der Waals surface area contributed by atoms with E-state index in [1.54, 1.807) is 24.5 Å². The Bertz CT molecular complexity index is 716. The molecule has 1 aliphatic heterocycles. The summed E-state index contributed by atoms with van der Waals surface area (Å²) in [5.41, 5.74) is 1.73. The van der Waals surface area contributed by atoms with Gasteiger partial charge in [0.15, 0.2) is 0 Å². The number of carboxylic acid groups (broad SMARTS) is 1. The molecule has 1 N–H and O–H groups in total. The van der Waals surface area contributed by atoms with Crippen LogP contribution in [0.4, 0.5) is 10.7 Å². The van der Waals surface area contributed by atoms with Gasteiger partial charge in [-0.15, -0.1) is 0 Å². The van der Waals surface area contributed by atoms with Gasteiger partial charge in [-0.2, -0.15) is 0 Å². The Morgan fingerprint density at radius 2 is 1.65 bits per heavy atom. The van der Waals surface area contributed by atoms with Crippen LogP contribution in [-0.4, -0.2) is 52.2 Å². The topological polar surface area (TPSA) is 69.6 Å². The van der Waals surface area contributed by atoms with Crippen molar-refractivity contribution in [2.24, 2.45) is 0 Å². The summed E-state index contributed by atoms with van der Waals surface area (Å²) in [5, 5.41) is 9.94. The third-order valence-electron chi connectivity index (χ3n) is 3.72. The molecule has 1 aliphatic rings. The summed E-state index contributed by atoms with van der Waals surface area (Å²) in [4.78, 5) is 23.0. The summed E-state index contributed by atoms with van der Waals surface area (Å²) in [5.74, 6) is 0.596. The van der Waals surface area contributed by atoms with E-state index in [-0.39, 0.29) is 0 Å². The molecule has 2 aromatic rings. The van der Waals surface area contributed by atoms with Crippen molar-refractivity contribution in [2.75, 3.05) is 31.1 Å². The van der Waals surface area contributed by atoms with Gasteiger partial charge >= 0.3 is 6.09 Å². The van der Waals surface area contributed by atoms with E-state index in [1.165, 1.54) is 4.90 Å². The van der Waals surface area contributed by atoms with Gasteiger partial charge in [0.25, 0.3) is 0 Å². The minimum atomic E-state index is -0.888. The second-order valence-corrected chi connectivity index (χ2v) is 5.97. The van der Waals surface area contributed by atoms with Crippen LogP contribution in [0.15, 0.2) is 30.6 Å². The molecule has 1 saturated heterocycles. The maximum absolute atomic E-state index is 10.9. The van der Waals surface area contributed by atoms with Gasteiger partial charge in [0.1, 0.15) is 0 Å². The lowest BCUT2D eigenvalue weighted by Gasteiger charge is -2.33. The zero-order valence-corrected chi connectivity index (χ0v) is 13.6. The van der Waals surface area contributed by atoms with E-state index < -0.39 is 6.09 Å². The van der Waals surface area contributed by atoms with Crippen molar-refractivity contribution in [1.29, 1.82) is 0 Å². The molecule has 1 amide bonds. The van der Waals surface area contributed by atoms with Crippen LogP contribution >= 0.6 is 23.2 Å². The quantitative estimate of drug-likeness (QED) is 0.898. The molecular formula is C15H14Cl2N4O2. The second kappa shape index (κ2) is 6.60. The highest BCUT2D eigenvalue weighted by molar-refractivity contribution is 6.42. The Labute approximate surface area is 143 Å². The summed E-state index contributed by atoms with van der Waals surface area (Å²) in [6.45, 7) is 2.07. The number of hydrogen-bond donors (Lipinski definition) is 1. The Morgan fingerprint density at radius 1 is 1.00 bits per heavy atom. The number of hydrogen-bond acceptors (Lipinski definition) is 4. The molecule has 8 heteroatoms. The normalized spacial score (nSPS) is 14.9. The van der Waals surface area contributed by atoms with Crippen molar-refractivity contribution in [1.82, 2.24) is 14.9 Å². The molecule has 0 bridgehead atoms. The van der Waals surface area contributed by atoms with Crippen LogP contribution in [-0.2, 0) is 0 Å². The van der Waals surface area contributed by atoms with Crippen molar-refractivity contribution in [3.63, 3.8) is 0 Å². The van der Waals surface area contributed by atoms with Gasteiger partial charge in [-0.25, -0.2) is 14.8 Å². The highest BCUT2D eigenvalue weighted by Crippen LogP contribution is 2.28. The molecule has 0 radical (unpaired) electrons. The van der Waals surface area contributed by atoms with E-state index in [2.05, 4.69) is 9.97 Å². The highest BCUT2D eigenvalue weighted by Gasteiger charge is 2.21. The lowest BCUT2D eigenvalue weighted by Crippen LogP contribution is -2.48. The number of nitrogens with zero attached hydrogens (tertiary/aromatic N) is 4. The average Bonchev–Trinajstić information content (AvgIpc) is 2.57. The predicted molar refractivity (Wildman–Crippen MR) is 89.3 cm³/mol. The molecule has 0 spiro atoms. The molecule has 1 aromatic carbocycles. The van der Waals surface area contributed by atoms with Crippen molar-refractivity contribution >= 4 is 35.2 Å². The van der Waals surface area contributed by atoms with Crippen molar-refractivity contribution < 1.29 is 9.90 Å². The number of piperazine rings is 1. The lowest BCUT2D eigenvalue weighted by atomic mass is 10.1. The smallest absolute Gasteiger partial charge is 0.407 e. The number of rotatable bonds is 2. The molecule has 0 saturated carbocycles. The van der Waals surface area contributed by atoms with Crippen LogP contribution in [0.25, 0.3) is 11.1 Å². The van der Waals surface area contributed by atoms with Gasteiger partial charge in [-0.05, 0) is 17.7 Å². The van der Waals surface area contributed by atoms with Gasteiger partial charge < -0.3 is 14.9 Å². The largest absolute Gasteiger partial charge is 0.465 e. The molecule has 23 heavy (non-hydrogen) atoms. The minimum Gasteiger partial charge on any atom is -0.465 e. The van der Waals surface area contributed by atoms with Crippen LogP contribution in [0, 0.1) is 0 Å². The van der Waals surface area contributed by atoms with E-state index >= 15 is 0 Å². The van der Waals surface area contributed by atoms with Crippen molar-refractivity contribution in [3.8, 4) is 11.1 Å². The predicted octanol–water partition coefficient (Wildman–Crippen LogP) is 3.25. The molecule has 0 atom stereocenters. The third kappa shape index (κ3) is 3.48. The molecule has 1 aromatic heterocycles. The Hall–Kier alpha value is -2.05. The monoisotopic (exact) mass is 352 g/mol. The first kappa shape index (κ1) is 15.8. The molecular weight excluding hydrogens is 339 g/mol. The fourth-order valence-corrected chi connectivity index (χ4v) is 2.71. The van der Waals surface area contributed by atoms with Crippen LogP contribution in [0.2, 0.25) is 10.0 Å². The lowest BCUT2D eigenvalue weighted by molar-refractivity contribution is 0.142. The third-order valence-corrected chi connectivity index (χ3v) is 4.46. The van der Waals surface area contributed by atoms with E-state index in [1.807, 2.05) is 11.0 Å². The summed E-state index contributed by atoms with van der Waals surface area (Å²) < 4.78 is 0. The van der Waals surface area contributed by atoms with Crippen molar-refractivity contribution in [3.05, 3.63) is 40.6 Å².